The van der Waals surface area contributed by atoms with E-state index in [0.29, 0.717) is 5.13 Å². The summed E-state index contributed by atoms with van der Waals surface area (Å²) >= 11 is 1.51. The molecule has 2 aromatic heterocycles. The van der Waals surface area contributed by atoms with Gasteiger partial charge in [0.1, 0.15) is 10.7 Å². The Labute approximate surface area is 155 Å². The molecular weight excluding hydrogens is 342 g/mol. The molecule has 26 heavy (non-hydrogen) atoms. The smallest absolute Gasteiger partial charge is 0.231 e. The average molecular weight is 359 g/mol. The minimum Gasteiger partial charge on any atom is -0.240 e. The van der Waals surface area contributed by atoms with Crippen molar-refractivity contribution in [2.45, 2.75) is 13.3 Å². The fourth-order valence-electron chi connectivity index (χ4n) is 2.58. The number of para-hydroxylation sites is 1. The Morgan fingerprint density at radius 1 is 1.00 bits per heavy atom. The summed E-state index contributed by atoms with van der Waals surface area (Å²) in [6.45, 7) is 2.06. The van der Waals surface area contributed by atoms with Crippen LogP contribution in [0.1, 0.15) is 17.5 Å². The van der Waals surface area contributed by atoms with Crippen LogP contribution in [-0.4, -0.2) is 26.2 Å². The minimum atomic E-state index is 0.660. The Morgan fingerprint density at radius 3 is 2.42 bits per heavy atom. The van der Waals surface area contributed by atoms with Crippen LogP contribution in [-0.2, 0) is 6.42 Å². The molecule has 2 aromatic carbocycles. The predicted molar refractivity (Wildman–Crippen MR) is 106 cm³/mol. The third-order valence-corrected chi connectivity index (χ3v) is 4.86. The first-order valence-electron chi connectivity index (χ1n) is 8.40. The lowest BCUT2D eigenvalue weighted by atomic mass is 10.1. The lowest BCUT2D eigenvalue weighted by Crippen LogP contribution is -1.93. The fraction of sp³-hybridized carbons (Fsp3) is 0.100. The number of aliphatic imine (C=N–C) groups is 1. The maximum Gasteiger partial charge on any atom is 0.231 e. The van der Waals surface area contributed by atoms with Gasteiger partial charge in [0.2, 0.25) is 5.13 Å². The van der Waals surface area contributed by atoms with Gasteiger partial charge in [0.15, 0.2) is 0 Å². The molecule has 0 fully saturated rings. The summed E-state index contributed by atoms with van der Waals surface area (Å²) in [4.78, 5) is 4.50. The first-order chi connectivity index (χ1) is 12.8. The van der Waals surface area contributed by atoms with Gasteiger partial charge in [0, 0.05) is 23.5 Å². The van der Waals surface area contributed by atoms with E-state index >= 15 is 0 Å². The van der Waals surface area contributed by atoms with E-state index in [4.69, 9.17) is 5.10 Å². The van der Waals surface area contributed by atoms with Gasteiger partial charge in [0.05, 0.1) is 5.69 Å². The molecule has 0 saturated carbocycles. The van der Waals surface area contributed by atoms with Crippen LogP contribution in [0, 0.1) is 0 Å². The quantitative estimate of drug-likeness (QED) is 0.485. The van der Waals surface area contributed by atoms with Crippen molar-refractivity contribution in [1.82, 2.24) is 20.0 Å². The molecule has 6 heteroatoms. The van der Waals surface area contributed by atoms with E-state index in [1.165, 1.54) is 11.3 Å². The number of rotatable bonds is 5. The zero-order chi connectivity index (χ0) is 17.8. The van der Waals surface area contributed by atoms with E-state index in [9.17, 15) is 0 Å². The summed E-state index contributed by atoms with van der Waals surface area (Å²) < 4.78 is 1.88. The third kappa shape index (κ3) is 3.45. The van der Waals surface area contributed by atoms with Crippen molar-refractivity contribution in [1.29, 1.82) is 0 Å². The Morgan fingerprint density at radius 2 is 1.73 bits per heavy atom. The number of hydrogen-bond donors (Lipinski definition) is 0. The van der Waals surface area contributed by atoms with Gasteiger partial charge in [-0.1, -0.05) is 66.8 Å². The third-order valence-electron chi connectivity index (χ3n) is 3.88. The molecule has 0 bridgehead atoms. The Bertz CT molecular complexity index is 1020. The summed E-state index contributed by atoms with van der Waals surface area (Å²) in [5.74, 6) is 0. The molecule has 128 valence electrons. The van der Waals surface area contributed by atoms with Gasteiger partial charge in [0.25, 0.3) is 0 Å². The summed E-state index contributed by atoms with van der Waals surface area (Å²) in [5.41, 5.74) is 3.88. The van der Waals surface area contributed by atoms with Crippen LogP contribution in [0.25, 0.3) is 16.9 Å². The van der Waals surface area contributed by atoms with E-state index in [2.05, 4.69) is 34.2 Å². The largest absolute Gasteiger partial charge is 0.240 e. The van der Waals surface area contributed by atoms with E-state index in [0.717, 1.165) is 33.9 Å². The van der Waals surface area contributed by atoms with Crippen molar-refractivity contribution in [2.75, 3.05) is 0 Å². The maximum atomic E-state index is 4.78. The van der Waals surface area contributed by atoms with Gasteiger partial charge in [-0.3, -0.25) is 0 Å². The van der Waals surface area contributed by atoms with Gasteiger partial charge in [-0.25, -0.2) is 9.67 Å². The maximum absolute atomic E-state index is 4.78. The first kappa shape index (κ1) is 16.4. The standard InChI is InChI=1S/C20H17N5S/c1-2-18-22-23-20(26-18)21-13-16-14-25(17-11-7-4-8-12-17)24-19(16)15-9-5-3-6-10-15/h3-14H,2H2,1H3/b21-13+. The molecule has 0 amide bonds. The van der Waals surface area contributed by atoms with Crippen LogP contribution in [0.15, 0.2) is 71.9 Å². The topological polar surface area (TPSA) is 56.0 Å². The van der Waals surface area contributed by atoms with Crippen molar-refractivity contribution in [3.05, 3.63) is 77.4 Å². The molecule has 0 aliphatic heterocycles. The molecule has 0 aliphatic carbocycles. The predicted octanol–water partition coefficient (Wildman–Crippen LogP) is 4.70. The highest BCUT2D eigenvalue weighted by atomic mass is 32.1. The van der Waals surface area contributed by atoms with Gasteiger partial charge < -0.3 is 0 Å². The summed E-state index contributed by atoms with van der Waals surface area (Å²) in [6.07, 6.45) is 4.67. The highest BCUT2D eigenvalue weighted by molar-refractivity contribution is 7.14. The van der Waals surface area contributed by atoms with Gasteiger partial charge in [-0.15, -0.1) is 10.2 Å². The Balaban J connectivity index is 1.75. The summed E-state index contributed by atoms with van der Waals surface area (Å²) in [5, 5.41) is 14.7. The highest BCUT2D eigenvalue weighted by Crippen LogP contribution is 2.24. The molecule has 5 nitrogen and oxygen atoms in total. The van der Waals surface area contributed by atoms with Crippen LogP contribution in [0.4, 0.5) is 5.13 Å². The normalized spacial score (nSPS) is 11.3. The monoisotopic (exact) mass is 359 g/mol. The number of aryl methyl sites for hydroxylation is 1. The Hall–Kier alpha value is -3.12. The molecule has 0 unspecified atom stereocenters. The molecule has 0 aliphatic rings. The van der Waals surface area contributed by atoms with Gasteiger partial charge in [-0.05, 0) is 18.6 Å². The van der Waals surface area contributed by atoms with Crippen LogP contribution in [0.5, 0.6) is 0 Å². The van der Waals surface area contributed by atoms with E-state index in [1.807, 2.05) is 65.6 Å². The van der Waals surface area contributed by atoms with Crippen LogP contribution in [0.2, 0.25) is 0 Å². The number of aromatic nitrogens is 4. The molecule has 0 N–H and O–H groups in total. The lowest BCUT2D eigenvalue weighted by molar-refractivity contribution is 0.884. The molecule has 4 aromatic rings. The zero-order valence-corrected chi connectivity index (χ0v) is 15.1. The van der Waals surface area contributed by atoms with Crippen molar-refractivity contribution in [3.63, 3.8) is 0 Å². The van der Waals surface area contributed by atoms with Gasteiger partial charge in [-0.2, -0.15) is 5.10 Å². The molecular formula is C20H17N5S. The fourth-order valence-corrected chi connectivity index (χ4v) is 3.20. The van der Waals surface area contributed by atoms with E-state index < -0.39 is 0 Å². The van der Waals surface area contributed by atoms with E-state index in [-0.39, 0.29) is 0 Å². The van der Waals surface area contributed by atoms with E-state index in [1.54, 1.807) is 0 Å². The SMILES string of the molecule is CCc1nnc(/N=C/c2cn(-c3ccccc3)nc2-c2ccccc2)s1. The highest BCUT2D eigenvalue weighted by Gasteiger charge is 2.11. The molecule has 0 spiro atoms. The Kier molecular flexibility index (Phi) is 4.66. The lowest BCUT2D eigenvalue weighted by Gasteiger charge is -2.00. The van der Waals surface area contributed by atoms with Crippen LogP contribution < -0.4 is 0 Å². The zero-order valence-electron chi connectivity index (χ0n) is 14.3. The first-order valence-corrected chi connectivity index (χ1v) is 9.22. The van der Waals surface area contributed by atoms with Gasteiger partial charge >= 0.3 is 0 Å². The average Bonchev–Trinajstić information content (AvgIpc) is 3.34. The number of nitrogens with zero attached hydrogens (tertiary/aromatic N) is 5. The second-order valence-corrected chi connectivity index (χ2v) is 6.71. The summed E-state index contributed by atoms with van der Waals surface area (Å²) in [6, 6.07) is 20.2. The minimum absolute atomic E-state index is 0.660. The van der Waals surface area contributed by atoms with Crippen molar-refractivity contribution in [3.8, 4) is 16.9 Å². The van der Waals surface area contributed by atoms with Crippen LogP contribution >= 0.6 is 11.3 Å². The molecule has 0 radical (unpaired) electrons. The number of hydrogen-bond acceptors (Lipinski definition) is 5. The van der Waals surface area contributed by atoms with Crippen LogP contribution in [0.3, 0.4) is 0 Å². The number of benzene rings is 2. The second-order valence-electron chi connectivity index (χ2n) is 5.67. The molecule has 0 atom stereocenters. The summed E-state index contributed by atoms with van der Waals surface area (Å²) in [7, 11) is 0. The van der Waals surface area contributed by atoms with Crippen molar-refractivity contribution >= 4 is 22.7 Å². The second kappa shape index (κ2) is 7.41. The van der Waals surface area contributed by atoms with Crippen molar-refractivity contribution < 1.29 is 0 Å². The molecule has 4 rings (SSSR count). The molecule has 0 saturated heterocycles. The molecule has 2 heterocycles. The van der Waals surface area contributed by atoms with Crippen molar-refractivity contribution in [2.24, 2.45) is 4.99 Å².